The first-order valence-electron chi connectivity index (χ1n) is 6.16. The van der Waals surface area contributed by atoms with Crippen LogP contribution in [0.1, 0.15) is 18.7 Å². The molecule has 1 N–H and O–H groups in total. The molecule has 2 rings (SSSR count). The van der Waals surface area contributed by atoms with Crippen LogP contribution in [-0.2, 0) is 13.0 Å². The van der Waals surface area contributed by atoms with E-state index in [1.165, 1.54) is 9.56 Å². The number of aromatic nitrogens is 2. The number of nitrogens with zero attached hydrogens (tertiary/aromatic N) is 2. The summed E-state index contributed by atoms with van der Waals surface area (Å²) in [7, 11) is 0. The van der Waals surface area contributed by atoms with Gasteiger partial charge in [-0.3, -0.25) is 4.79 Å². The van der Waals surface area contributed by atoms with E-state index in [2.05, 4.69) is 44.7 Å². The number of hydrogen-bond donors (Lipinski definition) is 1. The SMILES string of the molecule is CCn1ncc(NC(C)Cc2cccs2)c(Br)c1=O. The molecule has 0 aromatic carbocycles. The second kappa shape index (κ2) is 6.34. The van der Waals surface area contributed by atoms with Crippen molar-refractivity contribution in [2.24, 2.45) is 0 Å². The Morgan fingerprint density at radius 2 is 2.37 bits per heavy atom. The summed E-state index contributed by atoms with van der Waals surface area (Å²) in [6.07, 6.45) is 2.63. The summed E-state index contributed by atoms with van der Waals surface area (Å²) in [5.74, 6) is 0. The Labute approximate surface area is 124 Å². The van der Waals surface area contributed by atoms with E-state index in [1.54, 1.807) is 17.5 Å². The fraction of sp³-hybridized carbons (Fsp3) is 0.385. The summed E-state index contributed by atoms with van der Waals surface area (Å²) in [5.41, 5.74) is 0.648. The van der Waals surface area contributed by atoms with Crippen LogP contribution < -0.4 is 10.9 Å². The van der Waals surface area contributed by atoms with Crippen molar-refractivity contribution in [3.8, 4) is 0 Å². The maximum Gasteiger partial charge on any atom is 0.283 e. The van der Waals surface area contributed by atoms with E-state index in [0.717, 1.165) is 12.1 Å². The van der Waals surface area contributed by atoms with Crippen molar-refractivity contribution in [1.29, 1.82) is 0 Å². The third-order valence-corrected chi connectivity index (χ3v) is 4.44. The summed E-state index contributed by atoms with van der Waals surface area (Å²) in [5, 5.41) is 9.52. The van der Waals surface area contributed by atoms with E-state index in [1.807, 2.05) is 13.0 Å². The van der Waals surface area contributed by atoms with Crippen LogP contribution in [-0.4, -0.2) is 15.8 Å². The predicted molar refractivity (Wildman–Crippen MR) is 83.0 cm³/mol. The van der Waals surface area contributed by atoms with Gasteiger partial charge >= 0.3 is 0 Å². The third kappa shape index (κ3) is 3.45. The number of rotatable bonds is 5. The van der Waals surface area contributed by atoms with Crippen LogP contribution in [0.2, 0.25) is 0 Å². The minimum absolute atomic E-state index is 0.101. The topological polar surface area (TPSA) is 46.9 Å². The Hall–Kier alpha value is -1.14. The van der Waals surface area contributed by atoms with Gasteiger partial charge in [-0.2, -0.15) is 5.10 Å². The van der Waals surface area contributed by atoms with Gasteiger partial charge in [0.1, 0.15) is 4.47 Å². The first-order valence-corrected chi connectivity index (χ1v) is 7.83. The highest BCUT2D eigenvalue weighted by Gasteiger charge is 2.11. The van der Waals surface area contributed by atoms with Crippen molar-refractivity contribution in [3.05, 3.63) is 43.4 Å². The van der Waals surface area contributed by atoms with Crippen LogP contribution in [0.3, 0.4) is 0 Å². The van der Waals surface area contributed by atoms with Gasteiger partial charge in [0.25, 0.3) is 5.56 Å². The summed E-state index contributed by atoms with van der Waals surface area (Å²) in [6, 6.07) is 4.41. The van der Waals surface area contributed by atoms with Crippen LogP contribution in [0.5, 0.6) is 0 Å². The van der Waals surface area contributed by atoms with E-state index in [4.69, 9.17) is 0 Å². The molecule has 19 heavy (non-hydrogen) atoms. The molecule has 1 atom stereocenters. The highest BCUT2D eigenvalue weighted by Crippen LogP contribution is 2.19. The highest BCUT2D eigenvalue weighted by molar-refractivity contribution is 9.10. The molecule has 2 aromatic rings. The molecular formula is C13H16BrN3OS. The molecule has 0 saturated carbocycles. The molecule has 0 aliphatic rings. The number of hydrogen-bond acceptors (Lipinski definition) is 4. The van der Waals surface area contributed by atoms with Gasteiger partial charge in [0.15, 0.2) is 0 Å². The highest BCUT2D eigenvalue weighted by atomic mass is 79.9. The molecule has 102 valence electrons. The molecule has 2 aromatic heterocycles. The molecule has 0 saturated heterocycles. The van der Waals surface area contributed by atoms with Gasteiger partial charge in [-0.1, -0.05) is 6.07 Å². The van der Waals surface area contributed by atoms with E-state index in [0.29, 0.717) is 11.0 Å². The van der Waals surface area contributed by atoms with Gasteiger partial charge in [-0.15, -0.1) is 11.3 Å². The van der Waals surface area contributed by atoms with E-state index >= 15 is 0 Å². The summed E-state index contributed by atoms with van der Waals surface area (Å²) in [4.78, 5) is 13.3. The standard InChI is InChI=1S/C13H16BrN3OS/c1-3-17-13(18)12(14)11(8-15-17)16-9(2)7-10-5-4-6-19-10/h4-6,8-9,16H,3,7H2,1-2H3. The lowest BCUT2D eigenvalue weighted by Gasteiger charge is -2.15. The average molecular weight is 342 g/mol. The monoisotopic (exact) mass is 341 g/mol. The van der Waals surface area contributed by atoms with Gasteiger partial charge in [0.05, 0.1) is 11.9 Å². The van der Waals surface area contributed by atoms with E-state index in [-0.39, 0.29) is 11.6 Å². The first-order chi connectivity index (χ1) is 9.11. The number of aryl methyl sites for hydroxylation is 1. The molecule has 1 unspecified atom stereocenters. The van der Waals surface area contributed by atoms with Crippen LogP contribution in [0.25, 0.3) is 0 Å². The lowest BCUT2D eigenvalue weighted by molar-refractivity contribution is 0.612. The Kier molecular flexibility index (Phi) is 4.76. The molecule has 2 heterocycles. The van der Waals surface area contributed by atoms with Crippen molar-refractivity contribution in [1.82, 2.24) is 9.78 Å². The maximum absolute atomic E-state index is 11.9. The lowest BCUT2D eigenvalue weighted by atomic mass is 10.2. The fourth-order valence-corrected chi connectivity index (χ4v) is 3.09. The average Bonchev–Trinajstić information content (AvgIpc) is 2.88. The minimum atomic E-state index is -0.101. The van der Waals surface area contributed by atoms with Gasteiger partial charge in [-0.25, -0.2) is 4.68 Å². The van der Waals surface area contributed by atoms with Crippen LogP contribution >= 0.6 is 27.3 Å². The summed E-state index contributed by atoms with van der Waals surface area (Å²) >= 11 is 5.09. The van der Waals surface area contributed by atoms with Crippen LogP contribution in [0.15, 0.2) is 33.0 Å². The second-order valence-corrected chi connectivity index (χ2v) is 6.15. The largest absolute Gasteiger partial charge is 0.380 e. The Morgan fingerprint density at radius 1 is 1.58 bits per heavy atom. The number of halogens is 1. The van der Waals surface area contributed by atoms with Gasteiger partial charge in [0, 0.05) is 23.9 Å². The van der Waals surface area contributed by atoms with Gasteiger partial charge < -0.3 is 5.32 Å². The zero-order valence-corrected chi connectivity index (χ0v) is 13.3. The summed E-state index contributed by atoms with van der Waals surface area (Å²) in [6.45, 7) is 4.56. The minimum Gasteiger partial charge on any atom is -0.380 e. The van der Waals surface area contributed by atoms with E-state index in [9.17, 15) is 4.79 Å². The van der Waals surface area contributed by atoms with Crippen LogP contribution in [0, 0.1) is 0 Å². The molecule has 0 spiro atoms. The normalized spacial score (nSPS) is 12.4. The Balaban J connectivity index is 2.11. The van der Waals surface area contributed by atoms with Crippen LogP contribution in [0.4, 0.5) is 5.69 Å². The third-order valence-electron chi connectivity index (χ3n) is 2.77. The maximum atomic E-state index is 11.9. The molecule has 0 aliphatic heterocycles. The quantitative estimate of drug-likeness (QED) is 0.908. The Bertz CT molecular complexity index is 594. The Morgan fingerprint density at radius 3 is 3.00 bits per heavy atom. The smallest absolute Gasteiger partial charge is 0.283 e. The van der Waals surface area contributed by atoms with Crippen molar-refractivity contribution in [3.63, 3.8) is 0 Å². The van der Waals surface area contributed by atoms with Gasteiger partial charge in [0.2, 0.25) is 0 Å². The molecule has 4 nitrogen and oxygen atoms in total. The zero-order chi connectivity index (χ0) is 13.8. The fourth-order valence-electron chi connectivity index (χ4n) is 1.84. The zero-order valence-electron chi connectivity index (χ0n) is 10.9. The first kappa shape index (κ1) is 14.3. The number of nitrogens with one attached hydrogen (secondary N) is 1. The molecule has 0 fully saturated rings. The predicted octanol–water partition coefficient (Wildman–Crippen LogP) is 3.13. The summed E-state index contributed by atoms with van der Waals surface area (Å²) < 4.78 is 1.97. The molecule has 0 amide bonds. The number of thiophene rings is 1. The number of anilines is 1. The molecular weight excluding hydrogens is 326 g/mol. The molecule has 6 heteroatoms. The second-order valence-electron chi connectivity index (χ2n) is 4.32. The van der Waals surface area contributed by atoms with Crippen molar-refractivity contribution in [2.75, 3.05) is 5.32 Å². The van der Waals surface area contributed by atoms with Crippen molar-refractivity contribution in [2.45, 2.75) is 32.9 Å². The lowest BCUT2D eigenvalue weighted by Crippen LogP contribution is -2.26. The van der Waals surface area contributed by atoms with Crippen molar-refractivity contribution >= 4 is 33.0 Å². The molecule has 0 aliphatic carbocycles. The van der Waals surface area contributed by atoms with Gasteiger partial charge in [-0.05, 0) is 41.2 Å². The molecule has 0 bridgehead atoms. The molecule has 0 radical (unpaired) electrons. The van der Waals surface area contributed by atoms with E-state index < -0.39 is 0 Å². The van der Waals surface area contributed by atoms with Crippen molar-refractivity contribution < 1.29 is 0 Å².